The number of anilines is 1. The summed E-state index contributed by atoms with van der Waals surface area (Å²) in [5, 5.41) is 9.29. The lowest BCUT2D eigenvalue weighted by Gasteiger charge is -2.18. The highest BCUT2D eigenvalue weighted by Crippen LogP contribution is 2.24. The number of halogens is 2. The van der Waals surface area contributed by atoms with Crippen LogP contribution in [0.4, 0.5) is 5.69 Å². The second-order valence-corrected chi connectivity index (χ2v) is 5.47. The summed E-state index contributed by atoms with van der Waals surface area (Å²) in [6, 6.07) is 14.0. The Bertz CT molecular complexity index is 709. The van der Waals surface area contributed by atoms with Crippen LogP contribution in [0.2, 0.25) is 5.02 Å². The molecule has 0 spiro atoms. The van der Waals surface area contributed by atoms with E-state index in [4.69, 9.17) is 16.9 Å². The maximum Gasteiger partial charge on any atom is 0.259 e. The van der Waals surface area contributed by atoms with Crippen LogP contribution < -0.4 is 4.90 Å². The Balaban J connectivity index is 2.37. The van der Waals surface area contributed by atoms with Gasteiger partial charge in [-0.15, -0.1) is 0 Å². The van der Waals surface area contributed by atoms with Crippen LogP contribution in [0.1, 0.15) is 15.9 Å². The predicted octanol–water partition coefficient (Wildman–Crippen LogP) is 4.25. The molecule has 100 valence electrons. The zero-order valence-electron chi connectivity index (χ0n) is 10.6. The van der Waals surface area contributed by atoms with Gasteiger partial charge < -0.3 is 4.90 Å². The van der Waals surface area contributed by atoms with E-state index in [1.54, 1.807) is 49.5 Å². The van der Waals surface area contributed by atoms with Crippen molar-refractivity contribution in [3.63, 3.8) is 0 Å². The maximum atomic E-state index is 12.5. The molecule has 2 aromatic carbocycles. The first-order valence-corrected chi connectivity index (χ1v) is 6.93. The summed E-state index contributed by atoms with van der Waals surface area (Å²) in [4.78, 5) is 13.9. The van der Waals surface area contributed by atoms with Gasteiger partial charge in [-0.2, -0.15) is 5.26 Å². The van der Waals surface area contributed by atoms with E-state index < -0.39 is 0 Å². The van der Waals surface area contributed by atoms with Crippen LogP contribution in [-0.2, 0) is 0 Å². The Labute approximate surface area is 130 Å². The fourth-order valence-corrected chi connectivity index (χ4v) is 2.30. The average molecular weight is 350 g/mol. The molecule has 0 saturated heterocycles. The summed E-state index contributed by atoms with van der Waals surface area (Å²) in [5.74, 6) is -0.230. The second kappa shape index (κ2) is 6.08. The molecule has 0 aliphatic carbocycles. The first-order valence-electron chi connectivity index (χ1n) is 5.76. The lowest BCUT2D eigenvalue weighted by molar-refractivity contribution is 0.0993. The number of carbonyl (C=O) groups is 1. The molecule has 20 heavy (non-hydrogen) atoms. The van der Waals surface area contributed by atoms with E-state index in [0.717, 1.165) is 4.47 Å². The molecule has 3 nitrogen and oxygen atoms in total. The largest absolute Gasteiger partial charge is 0.311 e. The van der Waals surface area contributed by atoms with Gasteiger partial charge in [-0.05, 0) is 36.4 Å². The van der Waals surface area contributed by atoms with Gasteiger partial charge in [-0.1, -0.05) is 33.6 Å². The summed E-state index contributed by atoms with van der Waals surface area (Å²) < 4.78 is 0.782. The molecule has 5 heteroatoms. The van der Waals surface area contributed by atoms with Crippen molar-refractivity contribution in [1.29, 1.82) is 5.26 Å². The molecule has 0 radical (unpaired) electrons. The lowest BCUT2D eigenvalue weighted by Crippen LogP contribution is -2.26. The Kier molecular flexibility index (Phi) is 4.43. The summed E-state index contributed by atoms with van der Waals surface area (Å²) in [5.41, 5.74) is 1.55. The number of nitrogens with zero attached hydrogens (tertiary/aromatic N) is 2. The second-order valence-electron chi connectivity index (χ2n) is 4.15. The van der Waals surface area contributed by atoms with E-state index >= 15 is 0 Å². The van der Waals surface area contributed by atoms with Crippen molar-refractivity contribution in [2.75, 3.05) is 11.9 Å². The number of amides is 1. The van der Waals surface area contributed by atoms with Crippen molar-refractivity contribution < 1.29 is 4.79 Å². The molecular formula is C15H10BrClN2O. The van der Waals surface area contributed by atoms with Crippen LogP contribution >= 0.6 is 27.5 Å². The number of nitriles is 1. The standard InChI is InChI=1S/C15H10BrClN2O/c1-19(12-4-2-3-10(7-12)9-18)15(20)13-8-11(16)5-6-14(13)17/h2-8H,1H3. The highest BCUT2D eigenvalue weighted by Gasteiger charge is 2.17. The molecule has 0 unspecified atom stereocenters. The van der Waals surface area contributed by atoms with Crippen LogP contribution in [0, 0.1) is 11.3 Å². The molecule has 1 amide bonds. The number of carbonyl (C=O) groups excluding carboxylic acids is 1. The van der Waals surface area contributed by atoms with Crippen LogP contribution in [0.5, 0.6) is 0 Å². The maximum absolute atomic E-state index is 12.5. The van der Waals surface area contributed by atoms with Crippen molar-refractivity contribution in [3.05, 3.63) is 63.1 Å². The zero-order valence-corrected chi connectivity index (χ0v) is 12.9. The number of hydrogen-bond acceptors (Lipinski definition) is 2. The van der Waals surface area contributed by atoms with E-state index in [1.165, 1.54) is 4.90 Å². The fraction of sp³-hybridized carbons (Fsp3) is 0.0667. The molecular weight excluding hydrogens is 340 g/mol. The molecule has 0 N–H and O–H groups in total. The first-order chi connectivity index (χ1) is 9.52. The van der Waals surface area contributed by atoms with Crippen molar-refractivity contribution in [2.45, 2.75) is 0 Å². The van der Waals surface area contributed by atoms with Gasteiger partial charge in [-0.25, -0.2) is 0 Å². The van der Waals surface area contributed by atoms with E-state index in [0.29, 0.717) is 21.8 Å². The minimum absolute atomic E-state index is 0.230. The molecule has 0 fully saturated rings. The normalized spacial score (nSPS) is 9.90. The molecule has 0 bridgehead atoms. The van der Waals surface area contributed by atoms with Gasteiger partial charge in [-0.3, -0.25) is 4.79 Å². The van der Waals surface area contributed by atoms with Crippen molar-refractivity contribution in [2.24, 2.45) is 0 Å². The highest BCUT2D eigenvalue weighted by atomic mass is 79.9. The molecule has 0 aliphatic rings. The number of rotatable bonds is 2. The zero-order chi connectivity index (χ0) is 14.7. The third-order valence-corrected chi connectivity index (χ3v) is 3.65. The quantitative estimate of drug-likeness (QED) is 0.813. The average Bonchev–Trinajstić information content (AvgIpc) is 2.48. The summed E-state index contributed by atoms with van der Waals surface area (Å²) in [7, 11) is 1.65. The molecule has 0 aliphatic heterocycles. The van der Waals surface area contributed by atoms with Gasteiger partial charge in [0.25, 0.3) is 5.91 Å². The smallest absolute Gasteiger partial charge is 0.259 e. The predicted molar refractivity (Wildman–Crippen MR) is 83.0 cm³/mol. The van der Waals surface area contributed by atoms with Gasteiger partial charge in [0.15, 0.2) is 0 Å². The van der Waals surface area contributed by atoms with E-state index in [9.17, 15) is 4.79 Å². The lowest BCUT2D eigenvalue weighted by atomic mass is 10.1. The Hall–Kier alpha value is -1.83. The monoisotopic (exact) mass is 348 g/mol. The van der Waals surface area contributed by atoms with Gasteiger partial charge in [0, 0.05) is 17.2 Å². The Morgan fingerprint density at radius 1 is 1.30 bits per heavy atom. The third-order valence-electron chi connectivity index (χ3n) is 2.83. The summed E-state index contributed by atoms with van der Waals surface area (Å²) in [6.45, 7) is 0. The minimum atomic E-state index is -0.230. The highest BCUT2D eigenvalue weighted by molar-refractivity contribution is 9.10. The van der Waals surface area contributed by atoms with Crippen LogP contribution in [0.25, 0.3) is 0 Å². The topological polar surface area (TPSA) is 44.1 Å². The van der Waals surface area contributed by atoms with Gasteiger partial charge in [0.05, 0.1) is 22.2 Å². The number of benzene rings is 2. The van der Waals surface area contributed by atoms with E-state index in [1.807, 2.05) is 6.07 Å². The van der Waals surface area contributed by atoms with Crippen molar-refractivity contribution in [1.82, 2.24) is 0 Å². The molecule has 0 heterocycles. The Morgan fingerprint density at radius 2 is 2.05 bits per heavy atom. The van der Waals surface area contributed by atoms with Gasteiger partial charge in [0.1, 0.15) is 0 Å². The summed E-state index contributed by atoms with van der Waals surface area (Å²) >= 11 is 9.38. The van der Waals surface area contributed by atoms with Crippen LogP contribution in [-0.4, -0.2) is 13.0 Å². The molecule has 0 aromatic heterocycles. The molecule has 2 rings (SSSR count). The Morgan fingerprint density at radius 3 is 2.75 bits per heavy atom. The summed E-state index contributed by atoms with van der Waals surface area (Å²) in [6.07, 6.45) is 0. The number of hydrogen-bond donors (Lipinski definition) is 0. The minimum Gasteiger partial charge on any atom is -0.311 e. The van der Waals surface area contributed by atoms with Crippen molar-refractivity contribution >= 4 is 39.1 Å². The van der Waals surface area contributed by atoms with E-state index in [2.05, 4.69) is 15.9 Å². The SMILES string of the molecule is CN(C(=O)c1cc(Br)ccc1Cl)c1cccc(C#N)c1. The molecule has 0 atom stereocenters. The fourth-order valence-electron chi connectivity index (χ4n) is 1.74. The van der Waals surface area contributed by atoms with Gasteiger partial charge in [0.2, 0.25) is 0 Å². The van der Waals surface area contributed by atoms with Crippen molar-refractivity contribution in [3.8, 4) is 6.07 Å². The first kappa shape index (κ1) is 14.6. The van der Waals surface area contributed by atoms with Gasteiger partial charge >= 0.3 is 0 Å². The van der Waals surface area contributed by atoms with E-state index in [-0.39, 0.29) is 5.91 Å². The van der Waals surface area contributed by atoms with Crippen LogP contribution in [0.3, 0.4) is 0 Å². The van der Waals surface area contributed by atoms with Crippen LogP contribution in [0.15, 0.2) is 46.9 Å². The third kappa shape index (κ3) is 3.01. The molecule has 2 aromatic rings. The molecule has 0 saturated carbocycles.